The Hall–Kier alpha value is -1.90. The molecular weight excluding hydrogens is 384 g/mol. The molecule has 0 spiro atoms. The van der Waals surface area contributed by atoms with Gasteiger partial charge in [0.2, 0.25) is 0 Å². The molecule has 9 heteroatoms. The monoisotopic (exact) mass is 412 g/mol. The smallest absolute Gasteiger partial charge is 0.293 e. The number of hydrogen-bond acceptors (Lipinski definition) is 6. The normalized spacial score (nSPS) is 18.4. The van der Waals surface area contributed by atoms with E-state index in [1.54, 1.807) is 19.2 Å². The fraction of sp³-hybridized carbons (Fsp3) is 0.632. The molecule has 2 saturated heterocycles. The van der Waals surface area contributed by atoms with Crippen LogP contribution < -0.4 is 15.5 Å². The van der Waals surface area contributed by atoms with Crippen molar-refractivity contribution in [1.29, 1.82) is 0 Å². The van der Waals surface area contributed by atoms with Gasteiger partial charge >= 0.3 is 0 Å². The van der Waals surface area contributed by atoms with Crippen molar-refractivity contribution in [3.63, 3.8) is 0 Å². The Morgan fingerprint density at radius 2 is 2.00 bits per heavy atom. The maximum atomic E-state index is 12.6. The first-order valence-electron chi connectivity index (χ1n) is 9.56. The number of methoxy groups -OCH3 is 1. The van der Waals surface area contributed by atoms with Gasteiger partial charge < -0.3 is 20.3 Å². The van der Waals surface area contributed by atoms with Gasteiger partial charge in [-0.05, 0) is 50.9 Å². The van der Waals surface area contributed by atoms with Gasteiger partial charge in [0.25, 0.3) is 11.6 Å². The van der Waals surface area contributed by atoms with Crippen LogP contribution in [0.15, 0.2) is 18.2 Å². The lowest BCUT2D eigenvalue weighted by Crippen LogP contribution is -2.47. The minimum atomic E-state index is -0.399. The van der Waals surface area contributed by atoms with Crippen LogP contribution in [-0.2, 0) is 4.74 Å². The average Bonchev–Trinajstić information content (AvgIpc) is 3.21. The van der Waals surface area contributed by atoms with Crippen LogP contribution >= 0.6 is 12.4 Å². The van der Waals surface area contributed by atoms with Crippen LogP contribution in [-0.4, -0.2) is 57.3 Å². The molecule has 0 radical (unpaired) electrons. The Labute approximate surface area is 171 Å². The molecule has 156 valence electrons. The van der Waals surface area contributed by atoms with E-state index in [-0.39, 0.29) is 29.4 Å². The van der Waals surface area contributed by atoms with Crippen LogP contribution in [0.3, 0.4) is 0 Å². The first-order chi connectivity index (χ1) is 13.0. The summed E-state index contributed by atoms with van der Waals surface area (Å²) in [6.45, 7) is 4.52. The molecule has 0 aromatic heterocycles. The third-order valence-electron chi connectivity index (χ3n) is 5.62. The van der Waals surface area contributed by atoms with Crippen LogP contribution in [0.5, 0.6) is 0 Å². The second kappa shape index (κ2) is 10.0. The number of carbonyl (C=O) groups is 1. The number of benzene rings is 1. The zero-order valence-electron chi connectivity index (χ0n) is 16.2. The highest BCUT2D eigenvalue weighted by atomic mass is 35.5. The number of rotatable bonds is 7. The maximum Gasteiger partial charge on any atom is 0.293 e. The molecule has 1 aromatic carbocycles. The highest BCUT2D eigenvalue weighted by Gasteiger charge is 2.33. The van der Waals surface area contributed by atoms with Crippen molar-refractivity contribution in [3.05, 3.63) is 33.9 Å². The van der Waals surface area contributed by atoms with Gasteiger partial charge in [-0.3, -0.25) is 14.9 Å². The third-order valence-corrected chi connectivity index (χ3v) is 5.62. The van der Waals surface area contributed by atoms with E-state index in [1.165, 1.54) is 6.07 Å². The number of anilines is 1. The number of piperidine rings is 1. The zero-order valence-corrected chi connectivity index (χ0v) is 17.1. The molecule has 28 heavy (non-hydrogen) atoms. The number of carbonyl (C=O) groups excluding carboxylic acids is 1. The molecule has 1 aromatic rings. The van der Waals surface area contributed by atoms with Crippen molar-refractivity contribution in [2.45, 2.75) is 25.7 Å². The van der Waals surface area contributed by atoms with E-state index in [2.05, 4.69) is 10.6 Å². The summed E-state index contributed by atoms with van der Waals surface area (Å²) in [5.41, 5.74) is 0.837. The predicted octanol–water partition coefficient (Wildman–Crippen LogP) is 2.36. The second-order valence-electron chi connectivity index (χ2n) is 7.52. The number of nitrogens with one attached hydrogen (secondary N) is 2. The van der Waals surface area contributed by atoms with E-state index < -0.39 is 4.92 Å². The standard InChI is InChI=1S/C19H28N4O4.ClH/c1-27-14-19(6-8-20-9-7-19)13-21-18(24)15-4-5-16(17(12-15)23(25)26)22-10-2-3-11-22;/h4-5,12,20H,2-3,6-11,13-14H2,1H3,(H,21,24);1H. The summed E-state index contributed by atoms with van der Waals surface area (Å²) < 4.78 is 5.37. The molecule has 2 aliphatic heterocycles. The second-order valence-corrected chi connectivity index (χ2v) is 7.52. The fourth-order valence-electron chi connectivity index (χ4n) is 4.04. The van der Waals surface area contributed by atoms with Gasteiger partial charge in [-0.1, -0.05) is 0 Å². The van der Waals surface area contributed by atoms with Gasteiger partial charge in [0.1, 0.15) is 5.69 Å². The van der Waals surface area contributed by atoms with Crippen LogP contribution in [0.25, 0.3) is 0 Å². The van der Waals surface area contributed by atoms with Gasteiger partial charge in [0, 0.05) is 43.8 Å². The van der Waals surface area contributed by atoms with Crippen LogP contribution in [0.4, 0.5) is 11.4 Å². The summed E-state index contributed by atoms with van der Waals surface area (Å²) in [5, 5.41) is 17.8. The Bertz CT molecular complexity index is 683. The highest BCUT2D eigenvalue weighted by Crippen LogP contribution is 2.32. The lowest BCUT2D eigenvalue weighted by molar-refractivity contribution is -0.384. The SMILES string of the molecule is COCC1(CNC(=O)c2ccc(N3CCCC3)c([N+](=O)[O-])c2)CCNCC1.Cl. The molecule has 2 N–H and O–H groups in total. The average molecular weight is 413 g/mol. The lowest BCUT2D eigenvalue weighted by atomic mass is 9.79. The lowest BCUT2D eigenvalue weighted by Gasteiger charge is -2.37. The Balaban J connectivity index is 0.00000280. The van der Waals surface area contributed by atoms with Crippen molar-refractivity contribution < 1.29 is 14.5 Å². The van der Waals surface area contributed by atoms with Gasteiger partial charge in [-0.2, -0.15) is 0 Å². The Morgan fingerprint density at radius 1 is 1.32 bits per heavy atom. The molecule has 0 saturated carbocycles. The Kier molecular flexibility index (Phi) is 8.03. The third kappa shape index (κ3) is 5.12. The van der Waals surface area contributed by atoms with E-state index in [0.29, 0.717) is 24.4 Å². The molecule has 0 unspecified atom stereocenters. The maximum absolute atomic E-state index is 12.6. The molecule has 0 atom stereocenters. The number of nitro groups is 1. The summed E-state index contributed by atoms with van der Waals surface area (Å²) in [6.07, 6.45) is 3.93. The number of hydrogen-bond donors (Lipinski definition) is 2. The van der Waals surface area contributed by atoms with Crippen LogP contribution in [0.1, 0.15) is 36.0 Å². The minimum absolute atomic E-state index is 0. The molecule has 3 rings (SSSR count). The summed E-state index contributed by atoms with van der Waals surface area (Å²) >= 11 is 0. The van der Waals surface area contributed by atoms with E-state index in [9.17, 15) is 14.9 Å². The molecule has 0 bridgehead atoms. The first-order valence-corrected chi connectivity index (χ1v) is 9.56. The summed E-state index contributed by atoms with van der Waals surface area (Å²) in [5.74, 6) is -0.278. The summed E-state index contributed by atoms with van der Waals surface area (Å²) in [6, 6.07) is 4.78. The minimum Gasteiger partial charge on any atom is -0.384 e. The largest absolute Gasteiger partial charge is 0.384 e. The number of halogens is 1. The fourth-order valence-corrected chi connectivity index (χ4v) is 4.04. The first kappa shape index (κ1) is 22.4. The van der Waals surface area contributed by atoms with Crippen molar-refractivity contribution >= 4 is 29.7 Å². The zero-order chi connectivity index (χ0) is 19.3. The molecule has 2 aliphatic rings. The number of nitro benzene ring substituents is 1. The molecule has 2 fully saturated rings. The van der Waals surface area contributed by atoms with E-state index in [4.69, 9.17) is 4.74 Å². The topological polar surface area (TPSA) is 96.7 Å². The Morgan fingerprint density at radius 3 is 2.61 bits per heavy atom. The van der Waals surface area contributed by atoms with Crippen molar-refractivity contribution in [2.24, 2.45) is 5.41 Å². The van der Waals surface area contributed by atoms with Crippen LogP contribution in [0, 0.1) is 15.5 Å². The van der Waals surface area contributed by atoms with Crippen molar-refractivity contribution in [2.75, 3.05) is 51.3 Å². The molecule has 1 amide bonds. The van der Waals surface area contributed by atoms with Gasteiger partial charge in [-0.15, -0.1) is 12.4 Å². The van der Waals surface area contributed by atoms with E-state index in [0.717, 1.165) is 51.9 Å². The molecule has 0 aliphatic carbocycles. The highest BCUT2D eigenvalue weighted by molar-refractivity contribution is 5.95. The quantitative estimate of drug-likeness (QED) is 0.527. The summed E-state index contributed by atoms with van der Waals surface area (Å²) in [7, 11) is 1.67. The number of ether oxygens (including phenoxy) is 1. The molecular formula is C19H29ClN4O4. The van der Waals surface area contributed by atoms with E-state index >= 15 is 0 Å². The van der Waals surface area contributed by atoms with Gasteiger partial charge in [0.15, 0.2) is 0 Å². The van der Waals surface area contributed by atoms with Crippen molar-refractivity contribution in [3.8, 4) is 0 Å². The molecule has 2 heterocycles. The molecule has 8 nitrogen and oxygen atoms in total. The van der Waals surface area contributed by atoms with Gasteiger partial charge in [-0.25, -0.2) is 0 Å². The number of amides is 1. The van der Waals surface area contributed by atoms with Crippen molar-refractivity contribution in [1.82, 2.24) is 10.6 Å². The van der Waals surface area contributed by atoms with Gasteiger partial charge in [0.05, 0.1) is 11.5 Å². The predicted molar refractivity (Wildman–Crippen MR) is 111 cm³/mol. The van der Waals surface area contributed by atoms with Crippen LogP contribution in [0.2, 0.25) is 0 Å². The van der Waals surface area contributed by atoms with E-state index in [1.807, 2.05) is 4.90 Å². The summed E-state index contributed by atoms with van der Waals surface area (Å²) in [4.78, 5) is 25.8. The number of nitrogens with zero attached hydrogens (tertiary/aromatic N) is 2.